The van der Waals surface area contributed by atoms with E-state index in [-0.39, 0.29) is 5.91 Å². The van der Waals surface area contributed by atoms with Gasteiger partial charge in [0.15, 0.2) is 6.54 Å². The van der Waals surface area contributed by atoms with Crippen LogP contribution in [0.15, 0.2) is 0 Å². The fourth-order valence-corrected chi connectivity index (χ4v) is 4.52. The largest absolute Gasteiger partial charge is 0.328 e. The van der Waals surface area contributed by atoms with Crippen LogP contribution in [-0.2, 0) is 30.5 Å². The first kappa shape index (κ1) is 16.0. The minimum Gasteiger partial charge on any atom is -0.328 e. The van der Waals surface area contributed by atoms with Crippen LogP contribution in [0.25, 0.3) is 0 Å². The maximum atomic E-state index is 12.7. The van der Waals surface area contributed by atoms with Gasteiger partial charge in [0.1, 0.15) is 26.2 Å². The van der Waals surface area contributed by atoms with Gasteiger partial charge in [-0.3, -0.25) is 9.78 Å². The molecule has 2 aliphatic carbocycles. The number of piperazine rings is 1. The number of hydrogen-bond donors (Lipinski definition) is 3. The zero-order valence-electron chi connectivity index (χ0n) is 14.8. The first-order chi connectivity index (χ1) is 11.7. The number of nitrogens with one attached hydrogen (secondary N) is 3. The van der Waals surface area contributed by atoms with Gasteiger partial charge in [-0.2, -0.15) is 0 Å². The summed E-state index contributed by atoms with van der Waals surface area (Å²) in [5, 5.41) is 3.32. The maximum absolute atomic E-state index is 12.7. The highest BCUT2D eigenvalue weighted by Crippen LogP contribution is 2.35. The van der Waals surface area contributed by atoms with Gasteiger partial charge in [0.25, 0.3) is 5.91 Å². The van der Waals surface area contributed by atoms with Gasteiger partial charge in [0, 0.05) is 11.4 Å². The van der Waals surface area contributed by atoms with Crippen molar-refractivity contribution in [2.24, 2.45) is 0 Å². The van der Waals surface area contributed by atoms with Gasteiger partial charge in [-0.05, 0) is 56.1 Å². The Morgan fingerprint density at radius 3 is 2.33 bits per heavy atom. The molecule has 4 rings (SSSR count). The maximum Gasteiger partial charge on any atom is 0.279 e. The molecule has 5 heteroatoms. The van der Waals surface area contributed by atoms with Gasteiger partial charge in [0.05, 0.1) is 12.7 Å². The number of quaternary nitrogens is 2. The van der Waals surface area contributed by atoms with Crippen LogP contribution in [0.1, 0.15) is 41.8 Å². The molecule has 0 unspecified atom stereocenters. The number of carbonyl (C=O) groups excluding carboxylic acids is 1. The van der Waals surface area contributed by atoms with Gasteiger partial charge in [0.2, 0.25) is 0 Å². The van der Waals surface area contributed by atoms with E-state index >= 15 is 0 Å². The second kappa shape index (κ2) is 6.81. The van der Waals surface area contributed by atoms with Crippen molar-refractivity contribution in [3.63, 3.8) is 0 Å². The van der Waals surface area contributed by atoms with E-state index in [1.54, 1.807) is 4.90 Å². The molecule has 2 heterocycles. The average Bonchev–Trinajstić information content (AvgIpc) is 3.05. The monoisotopic (exact) mass is 330 g/mol. The number of nitrogens with zero attached hydrogens (tertiary/aromatic N) is 1. The fraction of sp³-hybridized carbons (Fsp3) is 0.684. The Morgan fingerprint density at radius 1 is 0.958 bits per heavy atom. The van der Waals surface area contributed by atoms with E-state index in [0.29, 0.717) is 6.54 Å². The zero-order valence-corrected chi connectivity index (χ0v) is 14.8. The number of pyridine rings is 1. The Kier molecular flexibility index (Phi) is 4.55. The number of aromatic nitrogens is 1. The lowest BCUT2D eigenvalue weighted by molar-refractivity contribution is -0.999. The lowest BCUT2D eigenvalue weighted by Crippen LogP contribution is -3.27. The summed E-state index contributed by atoms with van der Waals surface area (Å²) in [6, 6.07) is 0. The van der Waals surface area contributed by atoms with E-state index in [0.717, 1.165) is 44.5 Å². The highest BCUT2D eigenvalue weighted by molar-refractivity contribution is 5.93. The average molecular weight is 330 g/mol. The third kappa shape index (κ3) is 3.20. The van der Waals surface area contributed by atoms with E-state index in [2.05, 4.69) is 12.4 Å². The number of hydrogen-bond acceptors (Lipinski definition) is 2. The molecule has 0 saturated carbocycles. The van der Waals surface area contributed by atoms with Gasteiger partial charge in [-0.25, -0.2) is 0 Å². The summed E-state index contributed by atoms with van der Waals surface area (Å²) in [4.78, 5) is 20.6. The molecule has 1 fully saturated rings. The van der Waals surface area contributed by atoms with Crippen molar-refractivity contribution in [3.05, 3.63) is 22.5 Å². The van der Waals surface area contributed by atoms with Crippen LogP contribution in [0.4, 0.5) is 5.69 Å². The Hall–Kier alpha value is -1.46. The number of likely N-dealkylation sites (N-methyl/N-ethyl adjacent to an activating group) is 1. The van der Waals surface area contributed by atoms with Gasteiger partial charge < -0.3 is 15.1 Å². The molecule has 1 aliphatic heterocycles. The molecular weight excluding hydrogens is 300 g/mol. The number of rotatable bonds is 3. The van der Waals surface area contributed by atoms with Gasteiger partial charge >= 0.3 is 0 Å². The lowest BCUT2D eigenvalue weighted by Gasteiger charge is -2.27. The molecule has 130 valence electrons. The third-order valence-electron chi connectivity index (χ3n) is 5.99. The smallest absolute Gasteiger partial charge is 0.279 e. The Labute approximate surface area is 144 Å². The summed E-state index contributed by atoms with van der Waals surface area (Å²) in [6.45, 7) is 5.15. The zero-order chi connectivity index (χ0) is 16.5. The SMILES string of the molecule is C[NH+]1CC[NH+](CC(=O)Nc2c3c(nc4c2CCC4)CCCC3)CC1. The van der Waals surface area contributed by atoms with Crippen molar-refractivity contribution in [2.45, 2.75) is 44.9 Å². The quantitative estimate of drug-likeness (QED) is 0.652. The van der Waals surface area contributed by atoms with Crippen molar-refractivity contribution < 1.29 is 14.6 Å². The predicted octanol–water partition coefficient (Wildman–Crippen LogP) is -1.20. The standard InChI is InChI=1S/C19H28N4O/c1-22-9-11-23(12-10-22)13-18(24)21-19-14-5-2-3-7-16(14)20-17-8-4-6-15(17)19/h2-13H2,1H3,(H,20,21,24)/p+2. The van der Waals surface area contributed by atoms with Crippen LogP contribution >= 0.6 is 0 Å². The Balaban J connectivity index is 1.51. The number of anilines is 1. The number of amides is 1. The predicted molar refractivity (Wildman–Crippen MR) is 93.7 cm³/mol. The van der Waals surface area contributed by atoms with Crippen LogP contribution in [-0.4, -0.2) is 50.7 Å². The molecule has 0 aromatic carbocycles. The molecule has 0 atom stereocenters. The molecular formula is C19H30N4O+2. The molecule has 1 aromatic heterocycles. The normalized spacial score (nSPS) is 25.9. The van der Waals surface area contributed by atoms with Crippen LogP contribution in [0.3, 0.4) is 0 Å². The number of fused-ring (bicyclic) bond motifs is 2. The van der Waals surface area contributed by atoms with Crippen LogP contribution in [0, 0.1) is 0 Å². The molecule has 1 amide bonds. The molecule has 0 spiro atoms. The summed E-state index contributed by atoms with van der Waals surface area (Å²) in [5.74, 6) is 0.192. The summed E-state index contributed by atoms with van der Waals surface area (Å²) >= 11 is 0. The van der Waals surface area contributed by atoms with Gasteiger partial charge in [-0.15, -0.1) is 0 Å². The molecule has 0 bridgehead atoms. The fourth-order valence-electron chi connectivity index (χ4n) is 4.52. The highest BCUT2D eigenvalue weighted by Gasteiger charge is 2.27. The first-order valence-corrected chi connectivity index (χ1v) is 9.69. The molecule has 0 radical (unpaired) electrons. The third-order valence-corrected chi connectivity index (χ3v) is 5.99. The van der Waals surface area contributed by atoms with E-state index in [9.17, 15) is 4.79 Å². The minimum atomic E-state index is 0.192. The minimum absolute atomic E-state index is 0.192. The molecule has 3 aliphatic rings. The Morgan fingerprint density at radius 2 is 1.58 bits per heavy atom. The molecule has 1 saturated heterocycles. The van der Waals surface area contributed by atoms with Crippen LogP contribution in [0.5, 0.6) is 0 Å². The summed E-state index contributed by atoms with van der Waals surface area (Å²) in [5.41, 5.74) is 6.33. The van der Waals surface area contributed by atoms with E-state index in [1.165, 1.54) is 59.8 Å². The summed E-state index contributed by atoms with van der Waals surface area (Å²) < 4.78 is 0. The highest BCUT2D eigenvalue weighted by atomic mass is 16.2. The molecule has 1 aromatic rings. The van der Waals surface area contributed by atoms with Crippen molar-refractivity contribution in [1.29, 1.82) is 0 Å². The van der Waals surface area contributed by atoms with E-state index < -0.39 is 0 Å². The van der Waals surface area contributed by atoms with Crippen molar-refractivity contribution >= 4 is 11.6 Å². The second-order valence-corrected chi connectivity index (χ2v) is 7.83. The van der Waals surface area contributed by atoms with Crippen LogP contribution < -0.4 is 15.1 Å². The summed E-state index contributed by atoms with van der Waals surface area (Å²) in [7, 11) is 2.24. The molecule has 5 nitrogen and oxygen atoms in total. The molecule has 24 heavy (non-hydrogen) atoms. The topological polar surface area (TPSA) is 50.9 Å². The molecule has 3 N–H and O–H groups in total. The van der Waals surface area contributed by atoms with Gasteiger partial charge in [-0.1, -0.05) is 0 Å². The second-order valence-electron chi connectivity index (χ2n) is 7.83. The van der Waals surface area contributed by atoms with Crippen molar-refractivity contribution in [2.75, 3.05) is 45.1 Å². The number of carbonyl (C=O) groups is 1. The van der Waals surface area contributed by atoms with Crippen LogP contribution in [0.2, 0.25) is 0 Å². The number of aryl methyl sites for hydroxylation is 2. The summed E-state index contributed by atoms with van der Waals surface area (Å²) in [6.07, 6.45) is 7.96. The Bertz CT molecular complexity index is 635. The first-order valence-electron chi connectivity index (χ1n) is 9.69. The lowest BCUT2D eigenvalue weighted by atomic mass is 9.92. The van der Waals surface area contributed by atoms with Crippen molar-refractivity contribution in [1.82, 2.24) is 4.98 Å². The van der Waals surface area contributed by atoms with E-state index in [4.69, 9.17) is 4.98 Å². The van der Waals surface area contributed by atoms with E-state index in [1.807, 2.05) is 0 Å². The van der Waals surface area contributed by atoms with Crippen molar-refractivity contribution in [3.8, 4) is 0 Å².